The van der Waals surface area contributed by atoms with Gasteiger partial charge in [0.25, 0.3) is 10.1 Å². The van der Waals surface area contributed by atoms with Gasteiger partial charge in [0.2, 0.25) is 95.0 Å². The van der Waals surface area contributed by atoms with Crippen molar-refractivity contribution in [3.8, 4) is 0 Å². The van der Waals surface area contributed by atoms with Crippen LogP contribution in [0.3, 0.4) is 0 Å². The number of primary amides is 2. The van der Waals surface area contributed by atoms with Crippen molar-refractivity contribution in [3.63, 3.8) is 0 Å². The first-order valence-electron chi connectivity index (χ1n) is 39.2. The van der Waals surface area contributed by atoms with Crippen molar-refractivity contribution in [3.05, 3.63) is 71.9 Å². The van der Waals surface area contributed by atoms with Gasteiger partial charge >= 0.3 is 5.97 Å². The molecule has 2 aliphatic rings. The molecular weight excluding hydrogens is 1590 g/mol. The minimum atomic E-state index is -5.43. The smallest absolute Gasteiger partial charge is 0.325 e. The van der Waals surface area contributed by atoms with Crippen LogP contribution in [0.2, 0.25) is 0 Å². The van der Waals surface area contributed by atoms with Crippen molar-refractivity contribution in [1.82, 2.24) is 78.6 Å². The molecule has 120 heavy (non-hydrogen) atoms. The monoisotopic (exact) mass is 1700 g/mol. The van der Waals surface area contributed by atoms with Crippen LogP contribution in [0.15, 0.2) is 65.8 Å². The number of fused-ring (bicyclic) bond motifs is 1. The van der Waals surface area contributed by atoms with E-state index in [1.54, 1.807) is 116 Å². The number of aromatic nitrogens is 1. The minimum Gasteiger partial charge on any atom is -0.459 e. The molecule has 0 bridgehead atoms. The maximum atomic E-state index is 15.4. The summed E-state index contributed by atoms with van der Waals surface area (Å²) in [6.07, 6.45) is -4.61. The molecule has 0 aliphatic carbocycles. The Hall–Kier alpha value is -11.9. The normalized spacial score (nSPS) is 20.7. The number of amides is 16. The van der Waals surface area contributed by atoms with Crippen LogP contribution in [-0.4, -0.2) is 263 Å². The highest BCUT2D eigenvalue weighted by Gasteiger charge is 2.46. The van der Waals surface area contributed by atoms with Crippen molar-refractivity contribution in [2.24, 2.45) is 44.7 Å². The molecule has 2 fully saturated rings. The quantitative estimate of drug-likeness (QED) is 0.00641. The number of ether oxygens (including phenoxy) is 1. The van der Waals surface area contributed by atoms with Crippen LogP contribution in [0.1, 0.15) is 145 Å². The van der Waals surface area contributed by atoms with Gasteiger partial charge in [0.05, 0.1) is 12.5 Å². The average molecular weight is 1710 g/mol. The Morgan fingerprint density at radius 1 is 0.692 bits per heavy atom. The van der Waals surface area contributed by atoms with E-state index in [0.717, 1.165) is 20.9 Å². The highest BCUT2D eigenvalue weighted by Crippen LogP contribution is 2.29. The number of rotatable bonds is 37. The summed E-state index contributed by atoms with van der Waals surface area (Å²) >= 11 is 0. The van der Waals surface area contributed by atoms with Gasteiger partial charge in [0.1, 0.15) is 96.9 Å². The maximum absolute atomic E-state index is 15.4. The molecule has 1 aromatic heterocycles. The van der Waals surface area contributed by atoms with E-state index >= 15 is 19.2 Å². The van der Waals surface area contributed by atoms with E-state index in [1.165, 1.54) is 11.8 Å². The number of carbonyl (C=O) groups excluding carboxylic acids is 17. The van der Waals surface area contributed by atoms with Crippen molar-refractivity contribution < 1.29 is 104 Å². The number of aromatic amines is 1. The Kier molecular flexibility index (Phi) is 36.8. The molecule has 0 radical (unpaired) electrons. The zero-order valence-corrected chi connectivity index (χ0v) is 70.1. The second kappa shape index (κ2) is 44.8. The Bertz CT molecular complexity index is 4360. The number of nitrogens with two attached hydrogens (primary N) is 4. The third-order valence-electron chi connectivity index (χ3n) is 20.3. The number of nitrogens with one attached hydrogen (secondary N) is 13. The largest absolute Gasteiger partial charge is 0.459 e. The number of aliphatic hydroxyl groups is 1. The fourth-order valence-electron chi connectivity index (χ4n) is 13.3. The van der Waals surface area contributed by atoms with E-state index in [4.69, 9.17) is 27.7 Å². The lowest BCUT2D eigenvalue weighted by Gasteiger charge is -2.38. The highest BCUT2D eigenvalue weighted by molar-refractivity contribution is 7.85. The maximum Gasteiger partial charge on any atom is 0.325 e. The Morgan fingerprint density at radius 3 is 1.88 bits per heavy atom. The summed E-state index contributed by atoms with van der Waals surface area (Å²) < 4.78 is 42.1. The fraction of sp³-hybridized carbons (Fsp3) is 0.584. The molecular formula is C77H116N20O22S. The molecule has 23 N–H and O–H groups in total. The Morgan fingerprint density at radius 2 is 1.28 bits per heavy atom. The highest BCUT2D eigenvalue weighted by atomic mass is 32.2. The summed E-state index contributed by atoms with van der Waals surface area (Å²) in [4.78, 5) is 248. The van der Waals surface area contributed by atoms with Crippen LogP contribution >= 0.6 is 0 Å². The molecule has 43 heteroatoms. The SMILES string of the molecule is CCC(C)(C)[C@H](NC(=O)[C@H](NC(=O)[C@@H]1CCCN1C(=O)[C@H](Cc1ccccc1)NC(=O)[C@@H](C)NC=O)C(C)(C)C)C(=O)N[C@H](Cc1c[nH]c2ccccc12)C(=O)N[C@@H](CCCN=C(N)N)C(=O)N[C@H](CS(=O)(=O)O)C(=O)N[C@@H]1C(=O)N[C@@H](CCC(N)=O)C(=O)N[C@H](CC(C)C)C(=O)N[C@@H]([C@@H](C)O)C(=O)N[C@@H](CC(N)=O)C(=O)N(C)CC(=O)O[C@@H]1C. The molecule has 42 nitrogen and oxygen atoms in total. The standard InChI is InChI=1S/C77H116N20O22S/c1-13-77(10,11)61(95-71(112)60(76(7,8)9)94-68(109)54-26-20-30-97(54)74(115)51(32-43-21-15-14-16-22-43)89-62(103)40(4)84-38-98)72(113)88-50(33-44-35-83-46-24-18-17-23-45(44)46)65(106)85-47(25-19-29-82-75(80)81)63(104)91-53(37-120(116,117)118)67(108)93-59-42(6)119-57(102)36-96(12)73(114)52(34-56(79)101)90-69(110)58(41(5)99)92-66(107)49(31-39(2)3)87-64(105)48(86-70(59)111)27-28-55(78)100/h14-18,21-24,35,38-42,47-54,58-61,83,99H,13,19-20,25-34,36-37H2,1-12H3,(H2,78,100)(H2,79,101)(H,84,98)(H,85,106)(H,86,111)(H,87,105)(H,88,113)(H,89,103)(H,90,110)(H,91,104)(H,92,107)(H,93,108)(H,94,109)(H,95,112)(H4,80,81,82)(H,116,117,118)/t40-,41-,42-,47+,48+,49-,50-,51+,52+,53-,54+,58+,59+,60+,61-/m1/s1. The summed E-state index contributed by atoms with van der Waals surface area (Å²) in [5.74, 6) is -20.5. The Balaban J connectivity index is 1.55. The first-order chi connectivity index (χ1) is 56.0. The number of likely N-dealkylation sites (tertiary alicyclic amines) is 1. The van der Waals surface area contributed by atoms with Gasteiger partial charge in [-0.3, -0.25) is 91.1 Å². The van der Waals surface area contributed by atoms with Gasteiger partial charge in [-0.05, 0) is 99.7 Å². The van der Waals surface area contributed by atoms with E-state index in [2.05, 4.69) is 73.8 Å². The molecule has 16 amide bonds. The molecule has 0 saturated carbocycles. The summed E-state index contributed by atoms with van der Waals surface area (Å²) in [6, 6.07) is -6.61. The first kappa shape index (κ1) is 98.7. The zero-order chi connectivity index (χ0) is 90.0. The lowest BCUT2D eigenvalue weighted by atomic mass is 9.80. The van der Waals surface area contributed by atoms with Crippen molar-refractivity contribution in [1.29, 1.82) is 0 Å². The van der Waals surface area contributed by atoms with Gasteiger partial charge in [0, 0.05) is 56.5 Å². The van der Waals surface area contributed by atoms with E-state index < -0.39 is 256 Å². The third kappa shape index (κ3) is 30.2. The molecule has 0 spiro atoms. The molecule has 3 aromatic rings. The van der Waals surface area contributed by atoms with Crippen LogP contribution in [0.4, 0.5) is 0 Å². The molecule has 2 aromatic carbocycles. The van der Waals surface area contributed by atoms with Gasteiger partial charge < -0.3 is 111 Å². The van der Waals surface area contributed by atoms with Crippen LogP contribution in [0, 0.1) is 16.7 Å². The number of nitrogens with zero attached hydrogens (tertiary/aromatic N) is 3. The number of cyclic esters (lactones) is 1. The minimum absolute atomic E-state index is 0.00630. The van der Waals surface area contributed by atoms with E-state index in [0.29, 0.717) is 39.8 Å². The van der Waals surface area contributed by atoms with Gasteiger partial charge in [0.15, 0.2) is 5.96 Å². The number of carbonyl (C=O) groups is 17. The van der Waals surface area contributed by atoms with E-state index in [-0.39, 0.29) is 51.6 Å². The topological polar surface area (TPSA) is 657 Å². The van der Waals surface area contributed by atoms with Gasteiger partial charge in [-0.2, -0.15) is 8.42 Å². The number of aliphatic imine (C=N–C) groups is 1. The summed E-state index contributed by atoms with van der Waals surface area (Å²) in [7, 11) is -4.43. The summed E-state index contributed by atoms with van der Waals surface area (Å²) in [5.41, 5.74) is 21.5. The van der Waals surface area contributed by atoms with Crippen LogP contribution in [0.5, 0.6) is 0 Å². The predicted molar refractivity (Wildman–Crippen MR) is 433 cm³/mol. The Labute approximate surface area is 694 Å². The molecule has 2 aliphatic heterocycles. The number of guanidine groups is 1. The van der Waals surface area contributed by atoms with Crippen molar-refractivity contribution in [2.75, 3.05) is 32.4 Å². The molecule has 2 saturated heterocycles. The van der Waals surface area contributed by atoms with Crippen molar-refractivity contribution in [2.45, 2.75) is 238 Å². The van der Waals surface area contributed by atoms with Gasteiger partial charge in [-0.1, -0.05) is 104 Å². The average Bonchev–Trinajstić information content (AvgIpc) is 1.42. The second-order valence-electron chi connectivity index (χ2n) is 32.1. The first-order valence-corrected chi connectivity index (χ1v) is 40.8. The van der Waals surface area contributed by atoms with Crippen molar-refractivity contribution >= 4 is 128 Å². The molecule has 5 rings (SSSR count). The van der Waals surface area contributed by atoms with Gasteiger partial charge in [-0.25, -0.2) is 0 Å². The number of hydrogen-bond acceptors (Lipinski definition) is 22. The number of para-hydroxylation sites is 1. The fourth-order valence-corrected chi connectivity index (χ4v) is 14.0. The lowest BCUT2D eigenvalue weighted by Crippen LogP contribution is -2.64. The lowest BCUT2D eigenvalue weighted by molar-refractivity contribution is -0.156. The number of H-pyrrole nitrogens is 1. The summed E-state index contributed by atoms with van der Waals surface area (Å²) in [5, 5.41) is 40.9. The third-order valence-corrected chi connectivity index (χ3v) is 21.0. The predicted octanol–water partition coefficient (Wildman–Crippen LogP) is -5.19. The van der Waals surface area contributed by atoms with E-state index in [9.17, 15) is 80.4 Å². The molecule has 662 valence electrons. The van der Waals surface area contributed by atoms with Crippen LogP contribution in [0.25, 0.3) is 10.9 Å². The van der Waals surface area contributed by atoms with E-state index in [1.807, 2.05) is 0 Å². The van der Waals surface area contributed by atoms with Gasteiger partial charge in [-0.15, -0.1) is 0 Å². The number of aliphatic hydroxyl groups excluding tert-OH is 1. The molecule has 3 heterocycles. The number of benzene rings is 2. The second-order valence-corrected chi connectivity index (χ2v) is 33.6. The number of esters is 1. The number of likely N-dealkylation sites (N-methyl/N-ethyl adjacent to an activating group) is 1. The number of hydrogen-bond donors (Lipinski definition) is 19. The van der Waals surface area contributed by atoms with Crippen LogP contribution in [-0.2, 0) is 109 Å². The molecule has 15 atom stereocenters. The zero-order valence-electron chi connectivity index (χ0n) is 69.3. The molecule has 0 unspecified atom stereocenters. The van der Waals surface area contributed by atoms with Crippen LogP contribution < -0.4 is 86.7 Å². The summed E-state index contributed by atoms with van der Waals surface area (Å²) in [6.45, 7) is 15.4.